The Morgan fingerprint density at radius 3 is 0.824 bits per heavy atom. The maximum atomic E-state index is 14.7. The van der Waals surface area contributed by atoms with Crippen molar-refractivity contribution in [1.29, 1.82) is 0 Å². The minimum Gasteiger partial charge on any atom is -0.494 e. The summed E-state index contributed by atoms with van der Waals surface area (Å²) in [5.74, 6) is -12.0. The van der Waals surface area contributed by atoms with Gasteiger partial charge in [-0.1, -0.05) is 72.8 Å². The van der Waals surface area contributed by atoms with Gasteiger partial charge in [-0.25, -0.2) is 84.0 Å². The molecular formula is C103H78F14N10O15. The molecule has 2 saturated carbocycles. The van der Waals surface area contributed by atoms with E-state index in [1.165, 1.54) is 177 Å². The normalized spacial score (nSPS) is 12.0. The molecule has 2 aliphatic carbocycles. The number of hydrogen-bond donors (Lipinski definition) is 10. The molecule has 728 valence electrons. The van der Waals surface area contributed by atoms with Crippen LogP contribution in [0.2, 0.25) is 0 Å². The molecule has 15 aromatic rings. The lowest BCUT2D eigenvalue weighted by Crippen LogP contribution is -2.24. The first-order valence-electron chi connectivity index (χ1n) is 42.7. The number of halogens is 14. The number of carbonyl (C=O) groups is 5. The van der Waals surface area contributed by atoms with Gasteiger partial charge in [0.1, 0.15) is 149 Å². The molecular weight excluding hydrogens is 1880 g/mol. The van der Waals surface area contributed by atoms with Crippen LogP contribution >= 0.6 is 0 Å². The molecule has 142 heavy (non-hydrogen) atoms. The molecule has 2 fully saturated rings. The van der Waals surface area contributed by atoms with E-state index in [0.717, 1.165) is 67.7 Å². The minimum atomic E-state index is -4.91. The molecule has 0 amide bonds. The number of alkyl halides is 6. The van der Waals surface area contributed by atoms with Crippen LogP contribution < -0.4 is 50.3 Å². The van der Waals surface area contributed by atoms with Gasteiger partial charge in [-0.05, 0) is 283 Å². The summed E-state index contributed by atoms with van der Waals surface area (Å²) in [7, 11) is 0. The Balaban J connectivity index is 0.000000149. The zero-order chi connectivity index (χ0) is 101. The Morgan fingerprint density at radius 1 is 0.303 bits per heavy atom. The van der Waals surface area contributed by atoms with Gasteiger partial charge in [-0.15, -0.1) is 13.2 Å². The number of aromatic nitrogens is 5. The predicted octanol–water partition coefficient (Wildman–Crippen LogP) is 26.2. The van der Waals surface area contributed by atoms with Crippen molar-refractivity contribution in [1.82, 2.24) is 24.9 Å². The average molecular weight is 1960 g/mol. The van der Waals surface area contributed by atoms with Crippen LogP contribution in [0.15, 0.2) is 286 Å². The monoisotopic (exact) mass is 1960 g/mol. The number of anilines is 10. The Hall–Kier alpha value is -17.7. The van der Waals surface area contributed by atoms with Crippen LogP contribution in [0.25, 0.3) is 55.6 Å². The number of pyridine rings is 5. The number of rotatable bonds is 29. The first-order valence-corrected chi connectivity index (χ1v) is 42.7. The number of nitrogens with one attached hydrogen (secondary N) is 5. The minimum absolute atomic E-state index is 0.000531. The molecule has 5 aromatic heterocycles. The summed E-state index contributed by atoms with van der Waals surface area (Å²) < 4.78 is 216. The molecule has 0 saturated heterocycles. The fraction of sp³-hybridized carbons (Fsp3) is 0.126. The second-order valence-electron chi connectivity index (χ2n) is 30.8. The summed E-state index contributed by atoms with van der Waals surface area (Å²) in [5, 5.41) is 58.5. The molecule has 0 spiro atoms. The van der Waals surface area contributed by atoms with Gasteiger partial charge in [0, 0.05) is 31.0 Å². The molecule has 0 unspecified atom stereocenters. The predicted molar refractivity (Wildman–Crippen MR) is 497 cm³/mol. The molecule has 17 rings (SSSR count). The molecule has 2 aliphatic rings. The van der Waals surface area contributed by atoms with Crippen molar-refractivity contribution in [2.24, 2.45) is 0 Å². The SMILES string of the molecule is CCOc1cccc(-c2cc(F)c(Nc3ncccc3C(=O)O)c(F)c2)c1.O=C(O)c1cccnc1Nc1c(F)cc(-c2cccc(OC(F)(F)F)c2)cc1F.O=C(O)c1cccnc1Nc1c(F)cc(-c2cccc(OC3CCC3)c2)cc1F.O=C(O)c1cccnc1Nc1ccc(-c2cccc(OC3CCC3)c2)cc1F.O=C(O)c1cccnc1Nc1ccc(-c2cccc(OCC(F)(F)F)c2)cc1F. The summed E-state index contributed by atoms with van der Waals surface area (Å²) in [6, 6.07) is 61.1. The van der Waals surface area contributed by atoms with E-state index in [1.54, 1.807) is 60.7 Å². The van der Waals surface area contributed by atoms with E-state index in [9.17, 15) is 95.7 Å². The first-order chi connectivity index (χ1) is 68.0. The van der Waals surface area contributed by atoms with E-state index in [-0.39, 0.29) is 97.4 Å². The summed E-state index contributed by atoms with van der Waals surface area (Å²) in [5.41, 5.74) is 2.12. The van der Waals surface area contributed by atoms with Crippen molar-refractivity contribution < 1.29 is 135 Å². The lowest BCUT2D eigenvalue weighted by Gasteiger charge is -2.26. The van der Waals surface area contributed by atoms with E-state index in [0.29, 0.717) is 57.1 Å². The average Bonchev–Trinajstić information content (AvgIpc) is 0.809. The zero-order valence-electron chi connectivity index (χ0n) is 73.8. The quantitative estimate of drug-likeness (QED) is 0.0195. The fourth-order valence-corrected chi connectivity index (χ4v) is 13.8. The van der Waals surface area contributed by atoms with Crippen molar-refractivity contribution in [3.05, 3.63) is 360 Å². The third-order valence-electron chi connectivity index (χ3n) is 21.0. The Bertz CT molecular complexity index is 7050. The summed E-state index contributed by atoms with van der Waals surface area (Å²) >= 11 is 0. The number of hydrogen-bond acceptors (Lipinski definition) is 20. The Kier molecular flexibility index (Phi) is 33.3. The molecule has 10 aromatic carbocycles. The number of carboxylic acid groups (broad SMARTS) is 5. The van der Waals surface area contributed by atoms with Crippen molar-refractivity contribution >= 4 is 87.4 Å². The molecule has 0 bridgehead atoms. The lowest BCUT2D eigenvalue weighted by molar-refractivity contribution is -0.274. The zero-order valence-corrected chi connectivity index (χ0v) is 73.8. The van der Waals surface area contributed by atoms with E-state index < -0.39 is 118 Å². The number of aromatic carboxylic acids is 5. The smallest absolute Gasteiger partial charge is 0.494 e. The van der Waals surface area contributed by atoms with Crippen LogP contribution in [0.4, 0.5) is 119 Å². The third kappa shape index (κ3) is 27.6. The largest absolute Gasteiger partial charge is 0.573 e. The molecule has 0 atom stereocenters. The standard InChI is InChI=1S/C22H18F2N2O3.C22H19FN2O3.C20H14F4N2O3.C20H16F2N2O3.C19H11F5N2O3/c23-18-11-14(13-4-1-7-16(10-13)29-15-5-2-6-15)12-19(24)20(18)26-21-17(22(27)28)8-3-9-25-21;23-19-13-15(14-4-1-7-17(12-14)28-16-5-2-6-16)9-10-20(19)25-21-18(22(26)27)8-3-11-24-21;21-16-10-13(12-3-1-4-14(9-12)29-11-20(22,23)24)6-7-17(16)26-18-15(19(27)28)5-2-8-25-18;1-2-27-14-6-3-5-12(9-14)13-10-16(21)18(17(22)11-13)24-19-15(20(25)26)7-4-8-23-19;20-14-8-11(10-3-1-4-12(7-10)29-19(22,23)24)9-15(21)16(14)26-17-13(18(27)28)5-2-6-25-17/h1,3-4,7-12,15H,2,5-6H2,(H,25,26)(H,27,28);1,3-4,7-13,16H,2,5-6H2,(H,24,25)(H,26,27);1-10H,11H2,(H,25,26)(H,27,28);3-11H,2H2,1H3,(H,23,24)(H,25,26);1-9H,(H,25,26)(H,27,28). The van der Waals surface area contributed by atoms with Crippen molar-refractivity contribution in [3.63, 3.8) is 0 Å². The van der Waals surface area contributed by atoms with E-state index in [4.69, 9.17) is 34.3 Å². The number of benzene rings is 10. The highest BCUT2D eigenvalue weighted by Gasteiger charge is 2.33. The van der Waals surface area contributed by atoms with Crippen LogP contribution in [-0.4, -0.2) is 118 Å². The molecule has 5 heterocycles. The van der Waals surface area contributed by atoms with E-state index >= 15 is 0 Å². The van der Waals surface area contributed by atoms with Crippen molar-refractivity contribution in [2.75, 3.05) is 39.8 Å². The number of nitrogens with zero attached hydrogens (tertiary/aromatic N) is 5. The van der Waals surface area contributed by atoms with Crippen molar-refractivity contribution in [3.8, 4) is 84.4 Å². The molecule has 39 heteroatoms. The molecule has 25 nitrogen and oxygen atoms in total. The van der Waals surface area contributed by atoms with Crippen LogP contribution in [0.1, 0.15) is 97.2 Å². The van der Waals surface area contributed by atoms with E-state index in [2.05, 4.69) is 56.2 Å². The number of ether oxygens (including phenoxy) is 5. The van der Waals surface area contributed by atoms with Gasteiger partial charge in [0.25, 0.3) is 0 Å². The van der Waals surface area contributed by atoms with Gasteiger partial charge < -0.3 is 75.8 Å². The van der Waals surface area contributed by atoms with Gasteiger partial charge >= 0.3 is 42.4 Å². The summed E-state index contributed by atoms with van der Waals surface area (Å²) in [4.78, 5) is 75.6. The number of carboxylic acids is 5. The highest BCUT2D eigenvalue weighted by atomic mass is 19.4. The first kappa shape index (κ1) is 102. The van der Waals surface area contributed by atoms with Gasteiger partial charge in [-0.2, -0.15) is 13.2 Å². The third-order valence-corrected chi connectivity index (χ3v) is 21.0. The van der Waals surface area contributed by atoms with Crippen molar-refractivity contribution in [2.45, 2.75) is 70.2 Å². The Morgan fingerprint density at radius 2 is 0.556 bits per heavy atom. The van der Waals surface area contributed by atoms with E-state index in [1.807, 2.05) is 37.3 Å². The topological polar surface area (TPSA) is 357 Å². The van der Waals surface area contributed by atoms with Gasteiger partial charge in [-0.3, -0.25) is 0 Å². The second-order valence-corrected chi connectivity index (χ2v) is 30.8. The molecule has 10 N–H and O–H groups in total. The van der Waals surface area contributed by atoms with Crippen LogP contribution in [-0.2, 0) is 0 Å². The van der Waals surface area contributed by atoms with Gasteiger partial charge in [0.15, 0.2) is 6.61 Å². The summed E-state index contributed by atoms with van der Waals surface area (Å²) in [6.07, 6.45) is 4.36. The highest BCUT2D eigenvalue weighted by Crippen LogP contribution is 2.40. The maximum absolute atomic E-state index is 14.7. The van der Waals surface area contributed by atoms with Crippen LogP contribution in [0, 0.1) is 46.5 Å². The highest BCUT2D eigenvalue weighted by molar-refractivity contribution is 5.97. The van der Waals surface area contributed by atoms with Gasteiger partial charge in [0.05, 0.1) is 30.2 Å². The molecule has 0 aliphatic heterocycles. The second kappa shape index (κ2) is 46.4. The fourth-order valence-electron chi connectivity index (χ4n) is 13.8. The van der Waals surface area contributed by atoms with Gasteiger partial charge in [0.2, 0.25) is 0 Å². The molecule has 0 radical (unpaired) electrons. The lowest BCUT2D eigenvalue weighted by atomic mass is 9.96. The Labute approximate surface area is 797 Å². The maximum Gasteiger partial charge on any atom is 0.573 e. The van der Waals surface area contributed by atoms with Crippen LogP contribution in [0.3, 0.4) is 0 Å². The summed E-state index contributed by atoms with van der Waals surface area (Å²) in [6.45, 7) is 0.893. The van der Waals surface area contributed by atoms with Crippen LogP contribution in [0.5, 0.6) is 28.7 Å².